The Labute approximate surface area is 132 Å². The number of hydrogen-bond donors (Lipinski definition) is 0. The Kier molecular flexibility index (Phi) is 7.50. The highest BCUT2D eigenvalue weighted by Gasteiger charge is 2.15. The van der Waals surface area contributed by atoms with E-state index < -0.39 is 0 Å². The van der Waals surface area contributed by atoms with Crippen molar-refractivity contribution in [3.05, 3.63) is 30.3 Å². The number of hydrogen-bond acceptors (Lipinski definition) is 3. The molecular formula is C17H25NO2S. The number of nitrogens with zero attached hydrogens (tertiary/aromatic N) is 1. The quantitative estimate of drug-likeness (QED) is 0.721. The molecule has 1 saturated heterocycles. The highest BCUT2D eigenvalue weighted by atomic mass is 32.2. The molecule has 1 fully saturated rings. The summed E-state index contributed by atoms with van der Waals surface area (Å²) in [7, 11) is 0. The Balaban J connectivity index is 1.52. The Morgan fingerprint density at radius 3 is 2.48 bits per heavy atom. The first-order chi connectivity index (χ1) is 10.4. The molecule has 0 spiro atoms. The number of unbranched alkanes of at least 4 members (excludes halogenated alkanes) is 1. The summed E-state index contributed by atoms with van der Waals surface area (Å²) in [6, 6.07) is 9.88. The van der Waals surface area contributed by atoms with Gasteiger partial charge in [-0.05, 0) is 37.8 Å². The van der Waals surface area contributed by atoms with Gasteiger partial charge in [0.25, 0.3) is 5.24 Å². The Hall–Kier alpha value is -1.16. The molecule has 0 radical (unpaired) electrons. The molecule has 1 heterocycles. The lowest BCUT2D eigenvalue weighted by atomic mass is 10.2. The highest BCUT2D eigenvalue weighted by molar-refractivity contribution is 8.13. The van der Waals surface area contributed by atoms with Crippen molar-refractivity contribution in [1.82, 2.24) is 4.90 Å². The van der Waals surface area contributed by atoms with E-state index in [9.17, 15) is 4.79 Å². The zero-order chi connectivity index (χ0) is 14.8. The van der Waals surface area contributed by atoms with Crippen molar-refractivity contribution < 1.29 is 9.53 Å². The van der Waals surface area contributed by atoms with Crippen LogP contribution in [0.25, 0.3) is 0 Å². The molecule has 116 valence electrons. The minimum absolute atomic E-state index is 0.265. The van der Waals surface area contributed by atoms with E-state index in [1.165, 1.54) is 24.6 Å². The van der Waals surface area contributed by atoms with Crippen LogP contribution in [0.3, 0.4) is 0 Å². The average molecular weight is 307 g/mol. The van der Waals surface area contributed by atoms with Gasteiger partial charge in [0.05, 0.1) is 6.61 Å². The molecule has 1 amide bonds. The molecule has 0 N–H and O–H groups in total. The van der Waals surface area contributed by atoms with Crippen molar-refractivity contribution in [1.29, 1.82) is 0 Å². The van der Waals surface area contributed by atoms with Crippen molar-refractivity contribution in [3.8, 4) is 5.75 Å². The predicted octanol–water partition coefficient (Wildman–Crippen LogP) is 4.57. The molecule has 0 atom stereocenters. The molecule has 1 aliphatic rings. The third-order valence-electron chi connectivity index (χ3n) is 3.64. The van der Waals surface area contributed by atoms with Crippen LogP contribution in [0, 0.1) is 0 Å². The first-order valence-corrected chi connectivity index (χ1v) is 8.94. The van der Waals surface area contributed by atoms with Crippen LogP contribution in [-0.2, 0) is 0 Å². The van der Waals surface area contributed by atoms with Gasteiger partial charge >= 0.3 is 0 Å². The summed E-state index contributed by atoms with van der Waals surface area (Å²) in [5, 5.41) is 0.265. The first kappa shape index (κ1) is 16.2. The molecule has 1 aromatic carbocycles. The third-order valence-corrected chi connectivity index (χ3v) is 4.64. The molecule has 4 heteroatoms. The zero-order valence-corrected chi connectivity index (χ0v) is 13.4. The number of likely N-dealkylation sites (tertiary alicyclic amines) is 1. The van der Waals surface area contributed by atoms with E-state index in [4.69, 9.17) is 4.74 Å². The summed E-state index contributed by atoms with van der Waals surface area (Å²) < 4.78 is 5.64. The van der Waals surface area contributed by atoms with Crippen LogP contribution >= 0.6 is 11.8 Å². The maximum atomic E-state index is 12.1. The zero-order valence-electron chi connectivity index (χ0n) is 12.6. The van der Waals surface area contributed by atoms with Crippen molar-refractivity contribution in [2.45, 2.75) is 38.5 Å². The molecular weight excluding hydrogens is 282 g/mol. The lowest BCUT2D eigenvalue weighted by molar-refractivity contribution is 0.225. The van der Waals surface area contributed by atoms with Crippen LogP contribution in [0.2, 0.25) is 0 Å². The van der Waals surface area contributed by atoms with Crippen LogP contribution in [0.5, 0.6) is 5.75 Å². The standard InChI is InChI=1S/C17H25NO2S/c19-17(18-12-6-1-2-7-13-18)21-15-9-8-14-20-16-10-4-3-5-11-16/h3-5,10-11H,1-2,6-9,12-15H2. The summed E-state index contributed by atoms with van der Waals surface area (Å²) in [5.74, 6) is 1.82. The maximum Gasteiger partial charge on any atom is 0.281 e. The van der Waals surface area contributed by atoms with E-state index in [0.29, 0.717) is 0 Å². The second-order valence-electron chi connectivity index (χ2n) is 5.38. The largest absolute Gasteiger partial charge is 0.494 e. The molecule has 1 aromatic rings. The fourth-order valence-corrected chi connectivity index (χ4v) is 3.30. The monoisotopic (exact) mass is 307 g/mol. The summed E-state index contributed by atoms with van der Waals surface area (Å²) in [5.41, 5.74) is 0. The summed E-state index contributed by atoms with van der Waals surface area (Å²) >= 11 is 1.47. The first-order valence-electron chi connectivity index (χ1n) is 7.96. The molecule has 0 bridgehead atoms. The minimum Gasteiger partial charge on any atom is -0.494 e. The number of thioether (sulfide) groups is 1. The van der Waals surface area contributed by atoms with E-state index in [2.05, 4.69) is 0 Å². The van der Waals surface area contributed by atoms with Crippen molar-refractivity contribution in [3.63, 3.8) is 0 Å². The molecule has 0 aromatic heterocycles. The highest BCUT2D eigenvalue weighted by Crippen LogP contribution is 2.17. The Bertz CT molecular complexity index is 403. The van der Waals surface area contributed by atoms with Gasteiger partial charge in [0.15, 0.2) is 0 Å². The van der Waals surface area contributed by atoms with E-state index in [-0.39, 0.29) is 5.24 Å². The van der Waals surface area contributed by atoms with E-state index in [1.807, 2.05) is 35.2 Å². The molecule has 2 rings (SSSR count). The van der Waals surface area contributed by atoms with Gasteiger partial charge in [-0.2, -0.15) is 0 Å². The van der Waals surface area contributed by atoms with Gasteiger partial charge in [0, 0.05) is 18.8 Å². The van der Waals surface area contributed by atoms with Gasteiger partial charge < -0.3 is 9.64 Å². The average Bonchev–Trinajstić information content (AvgIpc) is 2.81. The van der Waals surface area contributed by atoms with Gasteiger partial charge in [-0.25, -0.2) is 0 Å². The van der Waals surface area contributed by atoms with E-state index in [1.54, 1.807) is 0 Å². The molecule has 1 aliphatic heterocycles. The molecule has 0 aliphatic carbocycles. The second kappa shape index (κ2) is 9.72. The number of ether oxygens (including phenoxy) is 1. The van der Waals surface area contributed by atoms with Gasteiger partial charge in [0.1, 0.15) is 5.75 Å². The Morgan fingerprint density at radius 2 is 1.76 bits per heavy atom. The Morgan fingerprint density at radius 1 is 1.05 bits per heavy atom. The smallest absolute Gasteiger partial charge is 0.281 e. The number of rotatable bonds is 6. The second-order valence-corrected chi connectivity index (χ2v) is 6.43. The van der Waals surface area contributed by atoms with Crippen LogP contribution in [0.15, 0.2) is 30.3 Å². The maximum absolute atomic E-state index is 12.1. The van der Waals surface area contributed by atoms with Gasteiger partial charge in [-0.15, -0.1) is 0 Å². The lowest BCUT2D eigenvalue weighted by Crippen LogP contribution is -2.28. The van der Waals surface area contributed by atoms with E-state index >= 15 is 0 Å². The molecule has 3 nitrogen and oxygen atoms in total. The third kappa shape index (κ3) is 6.42. The van der Waals surface area contributed by atoms with Crippen LogP contribution in [0.1, 0.15) is 38.5 Å². The summed E-state index contributed by atoms with van der Waals surface area (Å²) in [4.78, 5) is 14.1. The normalized spacial score (nSPS) is 15.5. The van der Waals surface area contributed by atoms with E-state index in [0.717, 1.165) is 56.9 Å². The summed E-state index contributed by atoms with van der Waals surface area (Å²) in [6.45, 7) is 2.62. The number of benzene rings is 1. The number of carbonyl (C=O) groups excluding carboxylic acids is 1. The number of para-hydroxylation sites is 1. The van der Waals surface area contributed by atoms with Crippen molar-refractivity contribution in [2.75, 3.05) is 25.4 Å². The van der Waals surface area contributed by atoms with Crippen molar-refractivity contribution >= 4 is 17.0 Å². The fraction of sp³-hybridized carbons (Fsp3) is 0.588. The molecule has 0 saturated carbocycles. The van der Waals surface area contributed by atoms with Crippen LogP contribution in [0.4, 0.5) is 4.79 Å². The summed E-state index contributed by atoms with van der Waals surface area (Å²) in [6.07, 6.45) is 6.89. The topological polar surface area (TPSA) is 29.5 Å². The molecule has 21 heavy (non-hydrogen) atoms. The predicted molar refractivity (Wildman–Crippen MR) is 89.1 cm³/mol. The molecule has 0 unspecified atom stereocenters. The van der Waals surface area contributed by atoms with Gasteiger partial charge in [-0.3, -0.25) is 4.79 Å². The lowest BCUT2D eigenvalue weighted by Gasteiger charge is -2.19. The van der Waals surface area contributed by atoms with Gasteiger partial charge in [0.2, 0.25) is 0 Å². The number of carbonyl (C=O) groups is 1. The SMILES string of the molecule is O=C(SCCCCOc1ccccc1)N1CCCCCC1. The van der Waals surface area contributed by atoms with Crippen LogP contribution in [-0.4, -0.2) is 35.6 Å². The number of amides is 1. The minimum atomic E-state index is 0.265. The van der Waals surface area contributed by atoms with Crippen LogP contribution < -0.4 is 4.74 Å². The van der Waals surface area contributed by atoms with Crippen molar-refractivity contribution in [2.24, 2.45) is 0 Å². The fourth-order valence-electron chi connectivity index (χ4n) is 2.41. The van der Waals surface area contributed by atoms with Gasteiger partial charge in [-0.1, -0.05) is 42.8 Å².